The molecule has 1 atom stereocenters. The molecule has 0 spiro atoms. The van der Waals surface area contributed by atoms with Crippen LogP contribution in [0.5, 0.6) is 0 Å². The SMILES string of the molecule is CCc1ccc(-c2ccc(C(=O)C[C@@H](CN)C(=O)CO)cc2)cc1. The van der Waals surface area contributed by atoms with Crippen LogP contribution in [0.1, 0.15) is 29.3 Å². The Morgan fingerprint density at radius 1 is 1.00 bits per heavy atom. The molecule has 0 saturated carbocycles. The monoisotopic (exact) mass is 325 g/mol. The average Bonchev–Trinajstić information content (AvgIpc) is 2.65. The lowest BCUT2D eigenvalue weighted by Crippen LogP contribution is -2.28. The van der Waals surface area contributed by atoms with Crippen LogP contribution in [0.2, 0.25) is 0 Å². The molecule has 0 amide bonds. The molecule has 0 aliphatic heterocycles. The Bertz CT molecular complexity index is 690. The molecule has 2 rings (SSSR count). The van der Waals surface area contributed by atoms with E-state index in [4.69, 9.17) is 10.8 Å². The van der Waals surface area contributed by atoms with Crippen LogP contribution in [0.4, 0.5) is 0 Å². The summed E-state index contributed by atoms with van der Waals surface area (Å²) in [6.45, 7) is 1.60. The Labute approximate surface area is 142 Å². The van der Waals surface area contributed by atoms with Gasteiger partial charge in [0.25, 0.3) is 0 Å². The molecule has 0 bridgehead atoms. The number of hydrogen-bond acceptors (Lipinski definition) is 4. The first kappa shape index (κ1) is 18.0. The highest BCUT2D eigenvalue weighted by Gasteiger charge is 2.20. The minimum atomic E-state index is -0.622. The van der Waals surface area contributed by atoms with Crippen LogP contribution in [-0.2, 0) is 11.2 Å². The molecule has 0 saturated heterocycles. The third-order valence-electron chi connectivity index (χ3n) is 4.23. The number of hydrogen-bond donors (Lipinski definition) is 2. The second-order valence-electron chi connectivity index (χ2n) is 5.81. The standard InChI is InChI=1S/C20H23NO3/c1-2-14-3-5-15(6-4-14)16-7-9-17(10-8-16)19(23)11-18(12-21)20(24)13-22/h3-10,18,22H,2,11-13,21H2,1H3/t18-/m0/s1. The first-order chi connectivity index (χ1) is 11.6. The number of rotatable bonds is 8. The molecular weight excluding hydrogens is 302 g/mol. The van der Waals surface area contributed by atoms with Crippen molar-refractivity contribution in [2.75, 3.05) is 13.2 Å². The number of Topliss-reactive ketones (excluding diaryl/α,β-unsaturated/α-hetero) is 2. The smallest absolute Gasteiger partial charge is 0.163 e. The molecule has 0 fully saturated rings. The van der Waals surface area contributed by atoms with E-state index in [0.717, 1.165) is 17.5 Å². The summed E-state index contributed by atoms with van der Waals surface area (Å²) >= 11 is 0. The van der Waals surface area contributed by atoms with Gasteiger partial charge in [0, 0.05) is 24.4 Å². The number of aryl methyl sites for hydroxylation is 1. The molecule has 0 heterocycles. The van der Waals surface area contributed by atoms with E-state index in [2.05, 4.69) is 31.2 Å². The highest BCUT2D eigenvalue weighted by atomic mass is 16.3. The third kappa shape index (κ3) is 4.37. The van der Waals surface area contributed by atoms with E-state index in [1.807, 2.05) is 12.1 Å². The van der Waals surface area contributed by atoms with Crippen molar-refractivity contribution in [1.82, 2.24) is 0 Å². The molecule has 3 N–H and O–H groups in total. The van der Waals surface area contributed by atoms with Crippen molar-refractivity contribution in [3.8, 4) is 11.1 Å². The summed E-state index contributed by atoms with van der Waals surface area (Å²) < 4.78 is 0. The number of nitrogens with two attached hydrogens (primary N) is 1. The molecule has 0 aromatic heterocycles. The zero-order valence-corrected chi connectivity index (χ0v) is 13.9. The van der Waals surface area contributed by atoms with Crippen LogP contribution >= 0.6 is 0 Å². The van der Waals surface area contributed by atoms with E-state index in [0.29, 0.717) is 5.56 Å². The van der Waals surface area contributed by atoms with Gasteiger partial charge in [-0.25, -0.2) is 0 Å². The molecule has 0 radical (unpaired) electrons. The summed E-state index contributed by atoms with van der Waals surface area (Å²) in [6, 6.07) is 15.7. The topological polar surface area (TPSA) is 80.4 Å². The minimum Gasteiger partial charge on any atom is -0.389 e. The van der Waals surface area contributed by atoms with Gasteiger partial charge in [-0.2, -0.15) is 0 Å². The fraction of sp³-hybridized carbons (Fsp3) is 0.300. The molecule has 24 heavy (non-hydrogen) atoms. The Morgan fingerprint density at radius 2 is 1.54 bits per heavy atom. The normalized spacial score (nSPS) is 12.0. The van der Waals surface area contributed by atoms with Crippen LogP contribution in [0, 0.1) is 5.92 Å². The summed E-state index contributed by atoms with van der Waals surface area (Å²) in [5, 5.41) is 8.90. The Morgan fingerprint density at radius 3 is 2.00 bits per heavy atom. The largest absolute Gasteiger partial charge is 0.389 e. The highest BCUT2D eigenvalue weighted by Crippen LogP contribution is 2.21. The van der Waals surface area contributed by atoms with Crippen LogP contribution in [0.3, 0.4) is 0 Å². The molecule has 2 aromatic rings. The van der Waals surface area contributed by atoms with Gasteiger partial charge in [0.05, 0.1) is 0 Å². The lowest BCUT2D eigenvalue weighted by atomic mass is 9.94. The van der Waals surface area contributed by atoms with Gasteiger partial charge in [-0.3, -0.25) is 9.59 Å². The van der Waals surface area contributed by atoms with Crippen molar-refractivity contribution in [1.29, 1.82) is 0 Å². The molecule has 4 nitrogen and oxygen atoms in total. The van der Waals surface area contributed by atoms with Crippen molar-refractivity contribution in [2.24, 2.45) is 11.7 Å². The van der Waals surface area contributed by atoms with Crippen LogP contribution in [0.25, 0.3) is 11.1 Å². The molecule has 0 unspecified atom stereocenters. The molecule has 4 heteroatoms. The summed E-state index contributed by atoms with van der Waals surface area (Å²) in [6.07, 6.45) is 1.03. The lowest BCUT2D eigenvalue weighted by Gasteiger charge is -2.11. The van der Waals surface area contributed by atoms with Gasteiger partial charge >= 0.3 is 0 Å². The average molecular weight is 325 g/mol. The molecule has 126 valence electrons. The quantitative estimate of drug-likeness (QED) is 0.731. The summed E-state index contributed by atoms with van der Waals surface area (Å²) in [5.41, 5.74) is 9.49. The molecule has 0 aliphatic rings. The van der Waals surface area contributed by atoms with Gasteiger partial charge < -0.3 is 10.8 Å². The summed E-state index contributed by atoms with van der Waals surface area (Å²) in [4.78, 5) is 23.8. The Kier molecular flexibility index (Phi) is 6.41. The van der Waals surface area contributed by atoms with E-state index in [9.17, 15) is 9.59 Å². The molecular formula is C20H23NO3. The third-order valence-corrected chi connectivity index (χ3v) is 4.23. The van der Waals surface area contributed by atoms with Crippen molar-refractivity contribution in [3.05, 3.63) is 59.7 Å². The Balaban J connectivity index is 2.10. The second kappa shape index (κ2) is 8.52. The van der Waals surface area contributed by atoms with Crippen LogP contribution in [0.15, 0.2) is 48.5 Å². The van der Waals surface area contributed by atoms with E-state index in [1.54, 1.807) is 12.1 Å². The van der Waals surface area contributed by atoms with Crippen LogP contribution < -0.4 is 5.73 Å². The number of benzene rings is 2. The first-order valence-electron chi connectivity index (χ1n) is 8.15. The van der Waals surface area contributed by atoms with Crippen molar-refractivity contribution in [3.63, 3.8) is 0 Å². The maximum atomic E-state index is 12.3. The van der Waals surface area contributed by atoms with E-state index < -0.39 is 18.3 Å². The minimum absolute atomic E-state index is 0.0282. The maximum absolute atomic E-state index is 12.3. The molecule has 0 aliphatic carbocycles. The van der Waals surface area contributed by atoms with Gasteiger partial charge in [-0.15, -0.1) is 0 Å². The predicted molar refractivity (Wildman–Crippen MR) is 94.8 cm³/mol. The lowest BCUT2D eigenvalue weighted by molar-refractivity contribution is -0.125. The fourth-order valence-electron chi connectivity index (χ4n) is 2.58. The maximum Gasteiger partial charge on any atom is 0.163 e. The van der Waals surface area contributed by atoms with Gasteiger partial charge in [-0.05, 0) is 23.1 Å². The van der Waals surface area contributed by atoms with Gasteiger partial charge in [0.15, 0.2) is 11.6 Å². The first-order valence-corrected chi connectivity index (χ1v) is 8.15. The summed E-state index contributed by atoms with van der Waals surface area (Å²) in [5.74, 6) is -1.15. The predicted octanol–water partition coefficient (Wildman–Crippen LogP) is 2.63. The fourth-order valence-corrected chi connectivity index (χ4v) is 2.58. The number of ketones is 2. The molecule has 2 aromatic carbocycles. The van der Waals surface area contributed by atoms with Crippen molar-refractivity contribution >= 4 is 11.6 Å². The van der Waals surface area contributed by atoms with Gasteiger partial charge in [0.2, 0.25) is 0 Å². The van der Waals surface area contributed by atoms with Crippen LogP contribution in [-0.4, -0.2) is 29.8 Å². The number of carbonyl (C=O) groups is 2. The van der Waals surface area contributed by atoms with Gasteiger partial charge in [-0.1, -0.05) is 55.5 Å². The Hall–Kier alpha value is -2.30. The van der Waals surface area contributed by atoms with E-state index >= 15 is 0 Å². The number of carbonyl (C=O) groups excluding carboxylic acids is 2. The highest BCUT2D eigenvalue weighted by molar-refractivity contribution is 5.99. The second-order valence-corrected chi connectivity index (χ2v) is 5.81. The zero-order valence-electron chi connectivity index (χ0n) is 13.9. The van der Waals surface area contributed by atoms with Crippen molar-refractivity contribution < 1.29 is 14.7 Å². The van der Waals surface area contributed by atoms with E-state index in [-0.39, 0.29) is 18.7 Å². The zero-order chi connectivity index (χ0) is 17.5. The number of aliphatic hydroxyl groups excluding tert-OH is 1. The van der Waals surface area contributed by atoms with Crippen molar-refractivity contribution in [2.45, 2.75) is 19.8 Å². The van der Waals surface area contributed by atoms with Gasteiger partial charge in [0.1, 0.15) is 6.61 Å². The summed E-state index contributed by atoms with van der Waals surface area (Å²) in [7, 11) is 0. The van der Waals surface area contributed by atoms with E-state index in [1.165, 1.54) is 5.56 Å². The number of aliphatic hydroxyl groups is 1.